The molecule has 0 amide bonds. The van der Waals surface area contributed by atoms with Gasteiger partial charge in [0.25, 0.3) is 0 Å². The number of ketones is 2. The number of hydrogen-bond acceptors (Lipinski definition) is 2. The van der Waals surface area contributed by atoms with Crippen LogP contribution in [0.5, 0.6) is 0 Å². The maximum absolute atomic E-state index is 12.6. The van der Waals surface area contributed by atoms with E-state index in [9.17, 15) is 9.59 Å². The van der Waals surface area contributed by atoms with Crippen molar-refractivity contribution in [1.29, 1.82) is 0 Å². The van der Waals surface area contributed by atoms with Gasteiger partial charge in [0.1, 0.15) is 11.6 Å². The van der Waals surface area contributed by atoms with E-state index < -0.39 is 0 Å². The fraction of sp³-hybridized carbons (Fsp3) is 0.364. The summed E-state index contributed by atoms with van der Waals surface area (Å²) in [5, 5.41) is 0. The number of aryl methyl sites for hydroxylation is 2. The fourth-order valence-electron chi connectivity index (χ4n) is 5.75. The first-order valence-corrected chi connectivity index (χ1v) is 8.71. The van der Waals surface area contributed by atoms with Crippen molar-refractivity contribution < 1.29 is 9.59 Å². The average Bonchev–Trinajstić information content (AvgIpc) is 2.95. The van der Waals surface area contributed by atoms with Gasteiger partial charge in [-0.15, -0.1) is 0 Å². The average molecular weight is 316 g/mol. The Morgan fingerprint density at radius 3 is 1.42 bits per heavy atom. The first-order chi connectivity index (χ1) is 11.4. The maximum atomic E-state index is 12.6. The molecule has 5 rings (SSSR count). The highest BCUT2D eigenvalue weighted by molar-refractivity contribution is 5.99. The molecule has 2 aromatic rings. The van der Waals surface area contributed by atoms with Crippen LogP contribution in [-0.2, 0) is 20.4 Å². The molecule has 0 saturated heterocycles. The fourth-order valence-corrected chi connectivity index (χ4v) is 5.75. The number of fused-ring (bicyclic) bond motifs is 3. The van der Waals surface area contributed by atoms with Gasteiger partial charge in [-0.2, -0.15) is 0 Å². The van der Waals surface area contributed by atoms with Crippen LogP contribution in [0, 0.1) is 13.8 Å². The second-order valence-corrected chi connectivity index (χ2v) is 8.05. The van der Waals surface area contributed by atoms with Crippen LogP contribution in [0.4, 0.5) is 0 Å². The Morgan fingerprint density at radius 1 is 0.667 bits per heavy atom. The maximum Gasteiger partial charge on any atom is 0.134 e. The zero-order valence-corrected chi connectivity index (χ0v) is 14.1. The van der Waals surface area contributed by atoms with Gasteiger partial charge in [0, 0.05) is 36.5 Å². The Kier molecular flexibility index (Phi) is 2.50. The van der Waals surface area contributed by atoms with E-state index in [1.807, 2.05) is 0 Å². The predicted octanol–water partition coefficient (Wildman–Crippen LogP) is 4.19. The summed E-state index contributed by atoms with van der Waals surface area (Å²) in [6, 6.07) is 13.1. The number of carbonyl (C=O) groups is 2. The van der Waals surface area contributed by atoms with Gasteiger partial charge < -0.3 is 0 Å². The molecule has 0 N–H and O–H groups in total. The number of rotatable bonds is 0. The minimum absolute atomic E-state index is 0.310. The van der Waals surface area contributed by atoms with Crippen molar-refractivity contribution in [3.63, 3.8) is 0 Å². The molecule has 120 valence electrons. The largest absolute Gasteiger partial charge is 0.300 e. The van der Waals surface area contributed by atoms with Crippen molar-refractivity contribution >= 4 is 11.6 Å². The first-order valence-electron chi connectivity index (χ1n) is 8.71. The van der Waals surface area contributed by atoms with Gasteiger partial charge in [0.15, 0.2) is 0 Å². The number of hydrogen-bond donors (Lipinski definition) is 0. The van der Waals surface area contributed by atoms with Crippen molar-refractivity contribution in [3.8, 4) is 11.1 Å². The van der Waals surface area contributed by atoms with Crippen LogP contribution < -0.4 is 0 Å². The standard InChI is InChI=1S/C22H20O2/c1-13-3-5-17-18-6-4-14(2)8-20(18)22-11-15(23)9-21(22,19(17)7-13)10-16(24)12-22/h3-8H,9-12H2,1-2H3/t21-,22+. The summed E-state index contributed by atoms with van der Waals surface area (Å²) in [6.07, 6.45) is 2.07. The summed E-state index contributed by atoms with van der Waals surface area (Å²) in [4.78, 5) is 25.2. The topological polar surface area (TPSA) is 34.1 Å². The molecule has 0 radical (unpaired) electrons. The lowest BCUT2D eigenvalue weighted by Gasteiger charge is -2.46. The van der Waals surface area contributed by atoms with Crippen LogP contribution in [0.3, 0.4) is 0 Å². The van der Waals surface area contributed by atoms with Crippen LogP contribution in [0.1, 0.15) is 47.9 Å². The Balaban J connectivity index is 1.96. The van der Waals surface area contributed by atoms with Crippen molar-refractivity contribution in [2.45, 2.75) is 50.4 Å². The Hall–Kier alpha value is -2.22. The third-order valence-electron chi connectivity index (χ3n) is 6.58. The Bertz CT molecular complexity index is 841. The van der Waals surface area contributed by atoms with Crippen molar-refractivity contribution in [3.05, 3.63) is 58.7 Å². The van der Waals surface area contributed by atoms with Crippen LogP contribution in [0.25, 0.3) is 11.1 Å². The van der Waals surface area contributed by atoms with Crippen LogP contribution in [-0.4, -0.2) is 11.6 Å². The molecule has 2 saturated carbocycles. The van der Waals surface area contributed by atoms with Gasteiger partial charge in [0.05, 0.1) is 0 Å². The second-order valence-electron chi connectivity index (χ2n) is 8.05. The molecule has 24 heavy (non-hydrogen) atoms. The number of benzene rings is 2. The number of carbonyl (C=O) groups excluding carboxylic acids is 2. The SMILES string of the molecule is Cc1ccc2c(c1)[C@]13CC(=O)C[C@]1(CC(=O)C3)c1cc(C)ccc1-2. The second kappa shape index (κ2) is 4.24. The van der Waals surface area contributed by atoms with Crippen molar-refractivity contribution in [2.24, 2.45) is 0 Å². The van der Waals surface area contributed by atoms with Crippen molar-refractivity contribution in [2.75, 3.05) is 0 Å². The molecule has 3 aliphatic carbocycles. The minimum Gasteiger partial charge on any atom is -0.300 e. The highest BCUT2D eigenvalue weighted by Crippen LogP contribution is 2.67. The molecule has 0 unspecified atom stereocenters. The Labute approximate surface area is 141 Å². The van der Waals surface area contributed by atoms with Gasteiger partial charge in [-0.3, -0.25) is 9.59 Å². The van der Waals surface area contributed by atoms with E-state index >= 15 is 0 Å². The van der Waals surface area contributed by atoms with Crippen LogP contribution in [0.2, 0.25) is 0 Å². The third kappa shape index (κ3) is 1.47. The highest BCUT2D eigenvalue weighted by Gasteiger charge is 2.67. The molecule has 2 nitrogen and oxygen atoms in total. The van der Waals surface area contributed by atoms with E-state index in [-0.39, 0.29) is 10.8 Å². The summed E-state index contributed by atoms with van der Waals surface area (Å²) in [7, 11) is 0. The quantitative estimate of drug-likeness (QED) is 0.730. The van der Waals surface area contributed by atoms with E-state index in [0.29, 0.717) is 37.2 Å². The van der Waals surface area contributed by atoms with Gasteiger partial charge in [-0.05, 0) is 36.1 Å². The van der Waals surface area contributed by atoms with Gasteiger partial charge >= 0.3 is 0 Å². The molecular weight excluding hydrogens is 296 g/mol. The summed E-state index contributed by atoms with van der Waals surface area (Å²) >= 11 is 0. The Morgan fingerprint density at radius 2 is 1.04 bits per heavy atom. The monoisotopic (exact) mass is 316 g/mol. The minimum atomic E-state index is -0.316. The molecule has 0 heterocycles. The molecule has 2 heteroatoms. The van der Waals surface area contributed by atoms with Crippen LogP contribution in [0.15, 0.2) is 36.4 Å². The number of Topliss-reactive ketones (excluding diaryl/α,β-unsaturated/α-hetero) is 2. The lowest BCUT2D eigenvalue weighted by molar-refractivity contribution is -0.120. The molecule has 0 bridgehead atoms. The predicted molar refractivity (Wildman–Crippen MR) is 93.2 cm³/mol. The van der Waals surface area contributed by atoms with E-state index in [4.69, 9.17) is 0 Å². The molecule has 3 aliphatic rings. The molecular formula is C22H20O2. The normalized spacial score (nSPS) is 29.9. The molecule has 0 atom stereocenters. The summed E-state index contributed by atoms with van der Waals surface area (Å²) in [6.45, 7) is 4.19. The zero-order chi connectivity index (χ0) is 16.7. The lowest BCUT2D eigenvalue weighted by atomic mass is 9.55. The summed E-state index contributed by atoms with van der Waals surface area (Å²) < 4.78 is 0. The molecule has 2 aromatic carbocycles. The molecule has 0 spiro atoms. The third-order valence-corrected chi connectivity index (χ3v) is 6.58. The van der Waals surface area contributed by atoms with Crippen molar-refractivity contribution in [1.82, 2.24) is 0 Å². The molecule has 2 fully saturated rings. The summed E-state index contributed by atoms with van der Waals surface area (Å²) in [5.74, 6) is 0.619. The first kappa shape index (κ1) is 14.2. The zero-order valence-electron chi connectivity index (χ0n) is 14.1. The van der Waals surface area contributed by atoms with Gasteiger partial charge in [0.2, 0.25) is 0 Å². The highest BCUT2D eigenvalue weighted by atomic mass is 16.1. The molecule has 0 aromatic heterocycles. The lowest BCUT2D eigenvalue weighted by Crippen LogP contribution is -2.43. The van der Waals surface area contributed by atoms with Gasteiger partial charge in [-0.25, -0.2) is 0 Å². The van der Waals surface area contributed by atoms with E-state index in [1.54, 1.807) is 0 Å². The molecule has 0 aliphatic heterocycles. The smallest absolute Gasteiger partial charge is 0.134 e. The van der Waals surface area contributed by atoms with E-state index in [1.165, 1.54) is 33.4 Å². The van der Waals surface area contributed by atoms with Crippen LogP contribution >= 0.6 is 0 Å². The summed E-state index contributed by atoms with van der Waals surface area (Å²) in [5.41, 5.74) is 6.67. The van der Waals surface area contributed by atoms with Gasteiger partial charge in [-0.1, -0.05) is 47.5 Å². The van der Waals surface area contributed by atoms with E-state index in [0.717, 1.165) is 0 Å². The van der Waals surface area contributed by atoms with E-state index in [2.05, 4.69) is 50.2 Å².